The van der Waals surface area contributed by atoms with Crippen LogP contribution < -0.4 is 5.73 Å². The second-order valence-corrected chi connectivity index (χ2v) is 5.85. The van der Waals surface area contributed by atoms with Crippen molar-refractivity contribution in [3.05, 3.63) is 34.9 Å². The first-order valence-corrected chi connectivity index (χ1v) is 6.94. The number of hydrogen-bond donors (Lipinski definition) is 1. The molecule has 0 fully saturated rings. The second kappa shape index (κ2) is 7.13. The summed E-state index contributed by atoms with van der Waals surface area (Å²) in [5, 5.41) is 0.721. The molecule has 0 aliphatic carbocycles. The summed E-state index contributed by atoms with van der Waals surface area (Å²) in [6.45, 7) is 8.45. The zero-order valence-electron chi connectivity index (χ0n) is 11.7. The van der Waals surface area contributed by atoms with Crippen molar-refractivity contribution < 1.29 is 4.74 Å². The Hall–Kier alpha value is -0.570. The summed E-state index contributed by atoms with van der Waals surface area (Å²) >= 11 is 6.02. The summed E-state index contributed by atoms with van der Waals surface area (Å²) in [4.78, 5) is 0. The summed E-state index contributed by atoms with van der Waals surface area (Å²) < 4.78 is 6.08. The number of hydrogen-bond acceptors (Lipinski definition) is 2. The van der Waals surface area contributed by atoms with Crippen molar-refractivity contribution in [2.24, 2.45) is 11.7 Å². The number of rotatable bonds is 6. The van der Waals surface area contributed by atoms with Gasteiger partial charge in [-0.25, -0.2) is 0 Å². The number of halogens is 1. The summed E-state index contributed by atoms with van der Waals surface area (Å²) in [5.41, 5.74) is 7.08. The van der Waals surface area contributed by atoms with Crippen molar-refractivity contribution in [2.45, 2.75) is 52.4 Å². The standard InChI is InChI=1S/C15H24ClNO/c1-10(2)8-11(3)18-15(12(4)17)13-6-5-7-14(16)9-13/h5-7,9-12,15H,8,17H2,1-4H3. The molecule has 0 aromatic heterocycles. The molecule has 0 bridgehead atoms. The SMILES string of the molecule is CC(C)CC(C)OC(c1cccc(Cl)c1)C(C)N. The van der Waals surface area contributed by atoms with Gasteiger partial charge in [0.25, 0.3) is 0 Å². The lowest BCUT2D eigenvalue weighted by molar-refractivity contribution is -0.0237. The van der Waals surface area contributed by atoms with Crippen LogP contribution in [0.4, 0.5) is 0 Å². The van der Waals surface area contributed by atoms with E-state index >= 15 is 0 Å². The van der Waals surface area contributed by atoms with Gasteiger partial charge in [-0.15, -0.1) is 0 Å². The quantitative estimate of drug-likeness (QED) is 0.841. The van der Waals surface area contributed by atoms with E-state index in [4.69, 9.17) is 22.1 Å². The molecule has 102 valence electrons. The van der Waals surface area contributed by atoms with Gasteiger partial charge in [0, 0.05) is 11.1 Å². The molecule has 1 rings (SSSR count). The van der Waals surface area contributed by atoms with Gasteiger partial charge in [-0.3, -0.25) is 0 Å². The van der Waals surface area contributed by atoms with E-state index in [1.165, 1.54) is 0 Å². The van der Waals surface area contributed by atoms with Crippen molar-refractivity contribution >= 4 is 11.6 Å². The molecule has 3 unspecified atom stereocenters. The predicted octanol–water partition coefficient (Wildman–Crippen LogP) is 4.18. The molecule has 0 aliphatic heterocycles. The summed E-state index contributed by atoms with van der Waals surface area (Å²) in [6.07, 6.45) is 1.13. The lowest BCUT2D eigenvalue weighted by Crippen LogP contribution is -2.30. The van der Waals surface area contributed by atoms with E-state index in [2.05, 4.69) is 20.8 Å². The fourth-order valence-corrected chi connectivity index (χ4v) is 2.36. The van der Waals surface area contributed by atoms with E-state index in [1.807, 2.05) is 31.2 Å². The molecule has 0 aliphatic rings. The lowest BCUT2D eigenvalue weighted by Gasteiger charge is -2.27. The Kier molecular flexibility index (Phi) is 6.13. The lowest BCUT2D eigenvalue weighted by atomic mass is 10.0. The molecule has 2 nitrogen and oxygen atoms in total. The molecule has 1 aromatic carbocycles. The first-order valence-electron chi connectivity index (χ1n) is 6.56. The minimum atomic E-state index is -0.0996. The minimum absolute atomic E-state index is 0.0573. The molecule has 0 saturated carbocycles. The molecule has 0 radical (unpaired) electrons. The highest BCUT2D eigenvalue weighted by molar-refractivity contribution is 6.30. The highest BCUT2D eigenvalue weighted by Gasteiger charge is 2.20. The third kappa shape index (κ3) is 4.97. The van der Waals surface area contributed by atoms with E-state index in [0.29, 0.717) is 5.92 Å². The van der Waals surface area contributed by atoms with Gasteiger partial charge in [0.15, 0.2) is 0 Å². The maximum absolute atomic E-state index is 6.08. The smallest absolute Gasteiger partial charge is 0.0977 e. The zero-order chi connectivity index (χ0) is 13.7. The van der Waals surface area contributed by atoms with Crippen molar-refractivity contribution in [2.75, 3.05) is 0 Å². The van der Waals surface area contributed by atoms with Gasteiger partial charge < -0.3 is 10.5 Å². The number of ether oxygens (including phenoxy) is 1. The van der Waals surface area contributed by atoms with Crippen LogP contribution in [0.1, 0.15) is 45.8 Å². The van der Waals surface area contributed by atoms with E-state index in [-0.39, 0.29) is 18.2 Å². The van der Waals surface area contributed by atoms with Crippen LogP contribution in [-0.4, -0.2) is 12.1 Å². The molecular formula is C15H24ClNO. The average Bonchev–Trinajstić information content (AvgIpc) is 2.24. The van der Waals surface area contributed by atoms with Crippen LogP contribution in [0.3, 0.4) is 0 Å². The monoisotopic (exact) mass is 269 g/mol. The van der Waals surface area contributed by atoms with E-state index in [1.54, 1.807) is 0 Å². The third-order valence-corrected chi connectivity index (χ3v) is 3.07. The normalized spacial score (nSPS) is 16.6. The maximum Gasteiger partial charge on any atom is 0.0977 e. The van der Waals surface area contributed by atoms with Crippen LogP contribution in [0.5, 0.6) is 0 Å². The Morgan fingerprint density at radius 3 is 2.39 bits per heavy atom. The van der Waals surface area contributed by atoms with Gasteiger partial charge in [0.05, 0.1) is 12.2 Å². The molecule has 18 heavy (non-hydrogen) atoms. The Balaban J connectivity index is 2.77. The van der Waals surface area contributed by atoms with Crippen LogP contribution in [0, 0.1) is 5.92 Å². The largest absolute Gasteiger partial charge is 0.369 e. The summed E-state index contributed by atoms with van der Waals surface area (Å²) in [6, 6.07) is 7.68. The first kappa shape index (κ1) is 15.5. The van der Waals surface area contributed by atoms with E-state index in [9.17, 15) is 0 Å². The Morgan fingerprint density at radius 2 is 1.89 bits per heavy atom. The maximum atomic E-state index is 6.08. The predicted molar refractivity (Wildman–Crippen MR) is 77.8 cm³/mol. The molecule has 0 spiro atoms. The minimum Gasteiger partial charge on any atom is -0.369 e. The number of benzene rings is 1. The molecule has 3 heteroatoms. The van der Waals surface area contributed by atoms with Crippen LogP contribution >= 0.6 is 11.6 Å². The van der Waals surface area contributed by atoms with Gasteiger partial charge in [-0.05, 0) is 43.9 Å². The van der Waals surface area contributed by atoms with Gasteiger partial charge in [-0.1, -0.05) is 37.6 Å². The average molecular weight is 270 g/mol. The first-order chi connectivity index (χ1) is 8.40. The molecule has 0 saturated heterocycles. The van der Waals surface area contributed by atoms with Gasteiger partial charge in [0.2, 0.25) is 0 Å². The fourth-order valence-electron chi connectivity index (χ4n) is 2.16. The Labute approximate surface area is 115 Å². The van der Waals surface area contributed by atoms with Crippen LogP contribution in [0.15, 0.2) is 24.3 Å². The van der Waals surface area contributed by atoms with Crippen molar-refractivity contribution in [1.29, 1.82) is 0 Å². The molecule has 1 aromatic rings. The highest BCUT2D eigenvalue weighted by Crippen LogP contribution is 2.26. The van der Waals surface area contributed by atoms with Crippen LogP contribution in [-0.2, 0) is 4.74 Å². The van der Waals surface area contributed by atoms with Crippen molar-refractivity contribution in [3.8, 4) is 0 Å². The summed E-state index contributed by atoms with van der Waals surface area (Å²) in [5.74, 6) is 0.619. The third-order valence-electron chi connectivity index (χ3n) is 2.84. The topological polar surface area (TPSA) is 35.2 Å². The van der Waals surface area contributed by atoms with Crippen molar-refractivity contribution in [3.63, 3.8) is 0 Å². The summed E-state index contributed by atoms with van der Waals surface area (Å²) in [7, 11) is 0. The van der Waals surface area contributed by atoms with Crippen LogP contribution in [0.2, 0.25) is 5.02 Å². The van der Waals surface area contributed by atoms with Gasteiger partial charge >= 0.3 is 0 Å². The molecule has 2 N–H and O–H groups in total. The highest BCUT2D eigenvalue weighted by atomic mass is 35.5. The van der Waals surface area contributed by atoms with Gasteiger partial charge in [-0.2, -0.15) is 0 Å². The molecular weight excluding hydrogens is 246 g/mol. The van der Waals surface area contributed by atoms with E-state index < -0.39 is 0 Å². The number of nitrogens with two attached hydrogens (primary N) is 1. The Bertz CT molecular complexity index is 365. The molecule has 0 amide bonds. The van der Waals surface area contributed by atoms with Gasteiger partial charge in [0.1, 0.15) is 0 Å². The zero-order valence-corrected chi connectivity index (χ0v) is 12.4. The molecule has 0 heterocycles. The van der Waals surface area contributed by atoms with E-state index in [0.717, 1.165) is 17.0 Å². The van der Waals surface area contributed by atoms with Crippen molar-refractivity contribution in [1.82, 2.24) is 0 Å². The fraction of sp³-hybridized carbons (Fsp3) is 0.600. The Morgan fingerprint density at radius 1 is 1.22 bits per heavy atom. The second-order valence-electron chi connectivity index (χ2n) is 5.41. The molecule has 3 atom stereocenters. The van der Waals surface area contributed by atoms with Crippen LogP contribution in [0.25, 0.3) is 0 Å².